The standard InChI is InChI=1S/C13H14N2.C6H15N/c1-3-4-7-11-10(2)14-12-8-5-6-9-13(12)15-11;1-4-5-6-7(2)3/h4-9H,3H2,1-2H3;4-6H2,1-3H3/b7-4+;. The molecule has 0 bridgehead atoms. The van der Waals surface area contributed by atoms with Crippen LogP contribution in [0.3, 0.4) is 0 Å². The summed E-state index contributed by atoms with van der Waals surface area (Å²) in [5.41, 5.74) is 3.87. The lowest BCUT2D eigenvalue weighted by Crippen LogP contribution is -2.12. The van der Waals surface area contributed by atoms with Gasteiger partial charge in [-0.15, -0.1) is 0 Å². The van der Waals surface area contributed by atoms with E-state index in [0.29, 0.717) is 0 Å². The van der Waals surface area contributed by atoms with Crippen LogP contribution in [0.1, 0.15) is 44.5 Å². The molecule has 0 amide bonds. The minimum absolute atomic E-state index is 0.957. The van der Waals surface area contributed by atoms with Crippen LogP contribution in [0.2, 0.25) is 0 Å². The molecule has 0 aliphatic rings. The molecule has 0 N–H and O–H groups in total. The van der Waals surface area contributed by atoms with E-state index in [1.54, 1.807) is 0 Å². The van der Waals surface area contributed by atoms with Crippen molar-refractivity contribution in [2.75, 3.05) is 20.6 Å². The summed E-state index contributed by atoms with van der Waals surface area (Å²) in [6.07, 6.45) is 7.79. The monoisotopic (exact) mass is 299 g/mol. The van der Waals surface area contributed by atoms with Crippen molar-refractivity contribution in [1.82, 2.24) is 14.9 Å². The van der Waals surface area contributed by atoms with Crippen molar-refractivity contribution < 1.29 is 0 Å². The van der Waals surface area contributed by atoms with E-state index in [1.165, 1.54) is 19.4 Å². The largest absolute Gasteiger partial charge is 0.309 e. The minimum atomic E-state index is 0.957. The summed E-state index contributed by atoms with van der Waals surface area (Å²) in [5.74, 6) is 0. The SMILES string of the molecule is CC/C=C/c1nc2ccccc2nc1C.CCCCN(C)C. The van der Waals surface area contributed by atoms with Gasteiger partial charge < -0.3 is 4.90 Å². The fourth-order valence-electron chi connectivity index (χ4n) is 1.96. The Morgan fingerprint density at radius 2 is 1.68 bits per heavy atom. The molecule has 0 fully saturated rings. The highest BCUT2D eigenvalue weighted by Gasteiger charge is 2.00. The molecule has 0 saturated heterocycles. The van der Waals surface area contributed by atoms with E-state index in [9.17, 15) is 0 Å². The van der Waals surface area contributed by atoms with E-state index in [2.05, 4.69) is 48.9 Å². The zero-order valence-electron chi connectivity index (χ0n) is 14.6. The summed E-state index contributed by atoms with van der Waals surface area (Å²) >= 11 is 0. The Morgan fingerprint density at radius 3 is 2.18 bits per heavy atom. The second kappa shape index (κ2) is 10.1. The van der Waals surface area contributed by atoms with Gasteiger partial charge in [-0.2, -0.15) is 0 Å². The molecule has 3 nitrogen and oxygen atoms in total. The summed E-state index contributed by atoms with van der Waals surface area (Å²) in [6, 6.07) is 7.95. The van der Waals surface area contributed by atoms with Gasteiger partial charge in [-0.25, -0.2) is 9.97 Å². The van der Waals surface area contributed by atoms with Crippen molar-refractivity contribution in [3.05, 3.63) is 41.7 Å². The Labute approximate surface area is 135 Å². The summed E-state index contributed by atoms with van der Waals surface area (Å²) in [6.45, 7) is 7.55. The number of aryl methyl sites for hydroxylation is 1. The Hall–Kier alpha value is -1.74. The Morgan fingerprint density at radius 1 is 1.05 bits per heavy atom. The average molecular weight is 299 g/mol. The number of nitrogens with zero attached hydrogens (tertiary/aromatic N) is 3. The van der Waals surface area contributed by atoms with E-state index in [-0.39, 0.29) is 0 Å². The van der Waals surface area contributed by atoms with Crippen molar-refractivity contribution in [1.29, 1.82) is 0 Å². The van der Waals surface area contributed by atoms with E-state index >= 15 is 0 Å². The first kappa shape index (κ1) is 18.3. The molecule has 3 heteroatoms. The molecule has 22 heavy (non-hydrogen) atoms. The quantitative estimate of drug-likeness (QED) is 0.800. The number of hydrogen-bond acceptors (Lipinski definition) is 3. The Balaban J connectivity index is 0.000000295. The molecule has 0 aliphatic heterocycles. The maximum absolute atomic E-state index is 4.56. The predicted octanol–water partition coefficient (Wildman–Crippen LogP) is 4.71. The first-order valence-electron chi connectivity index (χ1n) is 8.13. The average Bonchev–Trinajstić information content (AvgIpc) is 2.51. The third-order valence-corrected chi connectivity index (χ3v) is 3.25. The van der Waals surface area contributed by atoms with Gasteiger partial charge in [0.15, 0.2) is 0 Å². The van der Waals surface area contributed by atoms with Crippen LogP contribution in [0, 0.1) is 6.92 Å². The number of para-hydroxylation sites is 2. The van der Waals surface area contributed by atoms with Crippen LogP contribution in [-0.4, -0.2) is 35.5 Å². The molecule has 0 unspecified atom stereocenters. The molecule has 1 heterocycles. The molecule has 0 atom stereocenters. The van der Waals surface area contributed by atoms with Crippen molar-refractivity contribution >= 4 is 17.1 Å². The molecule has 2 aromatic rings. The highest BCUT2D eigenvalue weighted by atomic mass is 15.0. The molecule has 0 spiro atoms. The van der Waals surface area contributed by atoms with Crippen LogP contribution in [0.15, 0.2) is 30.3 Å². The van der Waals surface area contributed by atoms with Crippen molar-refractivity contribution in [2.45, 2.75) is 40.0 Å². The first-order valence-corrected chi connectivity index (χ1v) is 8.13. The molecule has 2 rings (SSSR count). The zero-order valence-corrected chi connectivity index (χ0v) is 14.6. The topological polar surface area (TPSA) is 29.0 Å². The van der Waals surface area contributed by atoms with Crippen LogP contribution >= 0.6 is 0 Å². The molecule has 0 radical (unpaired) electrons. The number of unbranched alkanes of at least 4 members (excludes halogenated alkanes) is 1. The summed E-state index contributed by atoms with van der Waals surface area (Å²) < 4.78 is 0. The minimum Gasteiger partial charge on any atom is -0.309 e. The maximum Gasteiger partial charge on any atom is 0.0894 e. The molecule has 0 saturated carbocycles. The normalized spacial score (nSPS) is 11.0. The van der Waals surface area contributed by atoms with Crippen LogP contribution in [0.5, 0.6) is 0 Å². The molecular weight excluding hydrogens is 270 g/mol. The maximum atomic E-state index is 4.56. The second-order valence-corrected chi connectivity index (χ2v) is 5.65. The van der Waals surface area contributed by atoms with Gasteiger partial charge in [0.05, 0.1) is 22.4 Å². The second-order valence-electron chi connectivity index (χ2n) is 5.65. The van der Waals surface area contributed by atoms with Gasteiger partial charge in [-0.3, -0.25) is 0 Å². The first-order chi connectivity index (χ1) is 10.6. The van der Waals surface area contributed by atoms with Crippen LogP contribution in [0.25, 0.3) is 17.1 Å². The van der Waals surface area contributed by atoms with Crippen molar-refractivity contribution in [3.8, 4) is 0 Å². The smallest absolute Gasteiger partial charge is 0.0894 e. The van der Waals surface area contributed by atoms with E-state index < -0.39 is 0 Å². The van der Waals surface area contributed by atoms with Gasteiger partial charge in [0, 0.05) is 0 Å². The highest BCUT2D eigenvalue weighted by molar-refractivity contribution is 5.75. The lowest BCUT2D eigenvalue weighted by atomic mass is 10.2. The van der Waals surface area contributed by atoms with Gasteiger partial charge in [-0.1, -0.05) is 38.5 Å². The van der Waals surface area contributed by atoms with Crippen LogP contribution in [-0.2, 0) is 0 Å². The Bertz CT molecular complexity index is 588. The molecule has 120 valence electrons. The lowest BCUT2D eigenvalue weighted by molar-refractivity contribution is 0.398. The Kier molecular flexibility index (Phi) is 8.38. The fourth-order valence-corrected chi connectivity index (χ4v) is 1.96. The van der Waals surface area contributed by atoms with Crippen molar-refractivity contribution in [3.63, 3.8) is 0 Å². The third-order valence-electron chi connectivity index (χ3n) is 3.25. The van der Waals surface area contributed by atoms with E-state index in [4.69, 9.17) is 0 Å². The molecule has 0 aliphatic carbocycles. The van der Waals surface area contributed by atoms with Gasteiger partial charge in [0.2, 0.25) is 0 Å². The number of fused-ring (bicyclic) bond motifs is 1. The lowest BCUT2D eigenvalue weighted by Gasteiger charge is -2.05. The summed E-state index contributed by atoms with van der Waals surface area (Å²) in [4.78, 5) is 11.3. The van der Waals surface area contributed by atoms with Gasteiger partial charge >= 0.3 is 0 Å². The fraction of sp³-hybridized carbons (Fsp3) is 0.474. The number of benzene rings is 1. The number of rotatable bonds is 5. The summed E-state index contributed by atoms with van der Waals surface area (Å²) in [5, 5.41) is 0. The number of aromatic nitrogens is 2. The van der Waals surface area contributed by atoms with Gasteiger partial charge in [0.1, 0.15) is 0 Å². The highest BCUT2D eigenvalue weighted by Crippen LogP contribution is 2.13. The summed E-state index contributed by atoms with van der Waals surface area (Å²) in [7, 11) is 4.21. The van der Waals surface area contributed by atoms with E-state index in [1.807, 2.05) is 37.3 Å². The van der Waals surface area contributed by atoms with Crippen LogP contribution < -0.4 is 0 Å². The third kappa shape index (κ3) is 6.35. The zero-order chi connectivity index (χ0) is 16.4. The van der Waals surface area contributed by atoms with E-state index in [0.717, 1.165) is 28.8 Å². The van der Waals surface area contributed by atoms with Crippen LogP contribution in [0.4, 0.5) is 0 Å². The number of hydrogen-bond donors (Lipinski definition) is 0. The predicted molar refractivity (Wildman–Crippen MR) is 97.1 cm³/mol. The van der Waals surface area contributed by atoms with Gasteiger partial charge in [-0.05, 0) is 58.6 Å². The molecule has 1 aromatic heterocycles. The molecule has 1 aromatic carbocycles. The number of allylic oxidation sites excluding steroid dienone is 1. The van der Waals surface area contributed by atoms with Crippen molar-refractivity contribution in [2.24, 2.45) is 0 Å². The van der Waals surface area contributed by atoms with Gasteiger partial charge in [0.25, 0.3) is 0 Å². The molecular formula is C19H29N3.